The third kappa shape index (κ3) is 12.0. The van der Waals surface area contributed by atoms with Crippen molar-refractivity contribution < 1.29 is 14.7 Å². The zero-order valence-electron chi connectivity index (χ0n) is 13.3. The second kappa shape index (κ2) is 9.75. The molecule has 1 unspecified atom stereocenters. The van der Waals surface area contributed by atoms with Crippen LogP contribution in [-0.2, 0) is 9.59 Å². The largest absolute Gasteiger partial charge is 0.388 e. The summed E-state index contributed by atoms with van der Waals surface area (Å²) >= 11 is 0. The van der Waals surface area contributed by atoms with Gasteiger partial charge in [-0.2, -0.15) is 0 Å². The van der Waals surface area contributed by atoms with Gasteiger partial charge in [0.05, 0.1) is 5.60 Å². The van der Waals surface area contributed by atoms with Gasteiger partial charge in [0, 0.05) is 26.4 Å². The molecule has 0 aromatic rings. The van der Waals surface area contributed by atoms with E-state index in [4.69, 9.17) is 0 Å². The van der Waals surface area contributed by atoms with E-state index in [0.29, 0.717) is 31.8 Å². The summed E-state index contributed by atoms with van der Waals surface area (Å²) in [6, 6.07) is 0. The van der Waals surface area contributed by atoms with Gasteiger partial charge in [0.25, 0.3) is 0 Å². The van der Waals surface area contributed by atoms with Crippen LogP contribution in [0.3, 0.4) is 0 Å². The first-order valence-electron chi connectivity index (χ1n) is 7.46. The van der Waals surface area contributed by atoms with Crippen LogP contribution in [0, 0.1) is 5.92 Å². The monoisotopic (exact) mass is 286 g/mol. The lowest BCUT2D eigenvalue weighted by atomic mass is 9.94. The fraction of sp³-hybridized carbons (Fsp3) is 0.867. The molecule has 118 valence electrons. The molecule has 0 rings (SSSR count). The minimum absolute atomic E-state index is 0.0184. The number of hydrogen-bond donors (Lipinski definition) is 3. The Morgan fingerprint density at radius 3 is 2.35 bits per heavy atom. The number of nitrogens with one attached hydrogen (secondary N) is 2. The van der Waals surface area contributed by atoms with E-state index in [1.807, 2.05) is 13.8 Å². The highest BCUT2D eigenvalue weighted by atomic mass is 16.3. The lowest BCUT2D eigenvalue weighted by Gasteiger charge is -2.25. The van der Waals surface area contributed by atoms with Crippen molar-refractivity contribution in [3.8, 4) is 0 Å². The maximum atomic E-state index is 11.6. The molecule has 0 aromatic carbocycles. The number of unbranched alkanes of at least 4 members (excludes halogenated alkanes) is 2. The molecule has 0 aliphatic carbocycles. The lowest BCUT2D eigenvalue weighted by molar-refractivity contribution is -0.122. The summed E-state index contributed by atoms with van der Waals surface area (Å²) in [6.45, 7) is 8.31. The van der Waals surface area contributed by atoms with Crippen LogP contribution < -0.4 is 10.6 Å². The summed E-state index contributed by atoms with van der Waals surface area (Å²) in [6.07, 6.45) is 3.74. The summed E-state index contributed by atoms with van der Waals surface area (Å²) in [5, 5.41) is 15.6. The highest BCUT2D eigenvalue weighted by Crippen LogP contribution is 2.15. The zero-order valence-corrected chi connectivity index (χ0v) is 13.3. The lowest BCUT2D eigenvalue weighted by Crippen LogP contribution is -2.41. The standard InChI is InChI=1S/C15H30N2O3/c1-12(2)10-15(4,20)11-17-14(19)8-6-5-7-9-16-13(3)18/h12,20H,5-11H2,1-4H3,(H,16,18)(H,17,19). The Hall–Kier alpha value is -1.10. The quantitative estimate of drug-likeness (QED) is 0.534. The molecule has 0 heterocycles. The van der Waals surface area contributed by atoms with E-state index in [1.165, 1.54) is 6.92 Å². The van der Waals surface area contributed by atoms with Crippen LogP contribution in [0.4, 0.5) is 0 Å². The first-order valence-corrected chi connectivity index (χ1v) is 7.46. The number of carbonyl (C=O) groups is 2. The number of hydrogen-bond acceptors (Lipinski definition) is 3. The Bertz CT molecular complexity index is 301. The molecule has 3 N–H and O–H groups in total. The van der Waals surface area contributed by atoms with Crippen LogP contribution in [0.2, 0.25) is 0 Å². The van der Waals surface area contributed by atoms with Crippen molar-refractivity contribution in [2.75, 3.05) is 13.1 Å². The molecule has 0 spiro atoms. The molecular weight excluding hydrogens is 256 g/mol. The number of rotatable bonds is 10. The molecule has 0 aliphatic rings. The van der Waals surface area contributed by atoms with Crippen molar-refractivity contribution in [1.29, 1.82) is 0 Å². The van der Waals surface area contributed by atoms with Crippen molar-refractivity contribution in [2.24, 2.45) is 5.92 Å². The fourth-order valence-electron chi connectivity index (χ4n) is 2.18. The molecule has 0 radical (unpaired) electrons. The summed E-state index contributed by atoms with van der Waals surface area (Å²) in [5.74, 6) is 0.361. The summed E-state index contributed by atoms with van der Waals surface area (Å²) in [7, 11) is 0. The van der Waals surface area contributed by atoms with Gasteiger partial charge in [-0.05, 0) is 32.1 Å². The van der Waals surface area contributed by atoms with Gasteiger partial charge in [-0.3, -0.25) is 9.59 Å². The Morgan fingerprint density at radius 2 is 1.80 bits per heavy atom. The molecule has 0 saturated carbocycles. The molecule has 0 saturated heterocycles. The Labute approximate surface area is 122 Å². The average molecular weight is 286 g/mol. The highest BCUT2D eigenvalue weighted by molar-refractivity contribution is 5.75. The Balaban J connectivity index is 3.61. The van der Waals surface area contributed by atoms with Gasteiger partial charge < -0.3 is 15.7 Å². The summed E-state index contributed by atoms with van der Waals surface area (Å²) < 4.78 is 0. The van der Waals surface area contributed by atoms with Crippen LogP contribution in [-0.4, -0.2) is 35.6 Å². The van der Waals surface area contributed by atoms with Gasteiger partial charge in [0.1, 0.15) is 0 Å². The number of aliphatic hydroxyl groups is 1. The average Bonchev–Trinajstić information content (AvgIpc) is 2.29. The van der Waals surface area contributed by atoms with Gasteiger partial charge >= 0.3 is 0 Å². The number of carbonyl (C=O) groups excluding carboxylic acids is 2. The Morgan fingerprint density at radius 1 is 1.15 bits per heavy atom. The van der Waals surface area contributed by atoms with E-state index >= 15 is 0 Å². The van der Waals surface area contributed by atoms with E-state index in [9.17, 15) is 14.7 Å². The molecule has 5 heteroatoms. The minimum Gasteiger partial charge on any atom is -0.388 e. The van der Waals surface area contributed by atoms with E-state index in [2.05, 4.69) is 10.6 Å². The van der Waals surface area contributed by atoms with E-state index in [0.717, 1.165) is 19.3 Å². The third-order valence-electron chi connectivity index (χ3n) is 2.97. The van der Waals surface area contributed by atoms with Crippen molar-refractivity contribution in [3.05, 3.63) is 0 Å². The normalized spacial score (nSPS) is 13.9. The second-order valence-corrected chi connectivity index (χ2v) is 6.17. The minimum atomic E-state index is -0.838. The third-order valence-corrected chi connectivity index (χ3v) is 2.97. The van der Waals surface area contributed by atoms with Crippen LogP contribution in [0.1, 0.15) is 59.8 Å². The van der Waals surface area contributed by atoms with Gasteiger partial charge in [0.2, 0.25) is 11.8 Å². The molecule has 0 aliphatic heterocycles. The van der Waals surface area contributed by atoms with E-state index in [-0.39, 0.29) is 11.8 Å². The van der Waals surface area contributed by atoms with E-state index in [1.54, 1.807) is 6.92 Å². The second-order valence-electron chi connectivity index (χ2n) is 6.17. The van der Waals surface area contributed by atoms with Gasteiger partial charge in [0.15, 0.2) is 0 Å². The zero-order chi connectivity index (χ0) is 15.6. The molecule has 5 nitrogen and oxygen atoms in total. The van der Waals surface area contributed by atoms with Crippen molar-refractivity contribution in [2.45, 2.75) is 65.4 Å². The molecule has 2 amide bonds. The van der Waals surface area contributed by atoms with Crippen LogP contribution in [0.15, 0.2) is 0 Å². The number of amides is 2. The topological polar surface area (TPSA) is 78.4 Å². The molecule has 1 atom stereocenters. The molecular formula is C15H30N2O3. The first kappa shape index (κ1) is 18.9. The highest BCUT2D eigenvalue weighted by Gasteiger charge is 2.22. The van der Waals surface area contributed by atoms with E-state index < -0.39 is 5.60 Å². The maximum Gasteiger partial charge on any atom is 0.220 e. The molecule has 0 fully saturated rings. The maximum absolute atomic E-state index is 11.6. The van der Waals surface area contributed by atoms with Crippen molar-refractivity contribution in [1.82, 2.24) is 10.6 Å². The van der Waals surface area contributed by atoms with Gasteiger partial charge in [-0.15, -0.1) is 0 Å². The molecule has 0 aromatic heterocycles. The van der Waals surface area contributed by atoms with Crippen LogP contribution in [0.25, 0.3) is 0 Å². The fourth-order valence-corrected chi connectivity index (χ4v) is 2.18. The predicted molar refractivity (Wildman–Crippen MR) is 80.2 cm³/mol. The first-order chi connectivity index (χ1) is 9.23. The van der Waals surface area contributed by atoms with Crippen LogP contribution >= 0.6 is 0 Å². The van der Waals surface area contributed by atoms with Gasteiger partial charge in [-0.25, -0.2) is 0 Å². The van der Waals surface area contributed by atoms with Crippen molar-refractivity contribution >= 4 is 11.8 Å². The van der Waals surface area contributed by atoms with Crippen molar-refractivity contribution in [3.63, 3.8) is 0 Å². The Kier molecular flexibility index (Phi) is 9.21. The summed E-state index contributed by atoms with van der Waals surface area (Å²) in [4.78, 5) is 22.3. The van der Waals surface area contributed by atoms with Crippen LogP contribution in [0.5, 0.6) is 0 Å². The smallest absolute Gasteiger partial charge is 0.220 e. The molecule has 20 heavy (non-hydrogen) atoms. The van der Waals surface area contributed by atoms with Gasteiger partial charge in [-0.1, -0.05) is 20.3 Å². The molecule has 0 bridgehead atoms. The summed E-state index contributed by atoms with van der Waals surface area (Å²) in [5.41, 5.74) is -0.838. The predicted octanol–water partition coefficient (Wildman–Crippen LogP) is 1.60. The SMILES string of the molecule is CC(=O)NCCCCCC(=O)NCC(C)(O)CC(C)C.